The van der Waals surface area contributed by atoms with E-state index in [2.05, 4.69) is 31.5 Å². The van der Waals surface area contributed by atoms with Crippen molar-refractivity contribution in [1.29, 1.82) is 0 Å². The zero-order chi connectivity index (χ0) is 16.7. The SMILES string of the molecule is O=C(COC(=O)c1cncc(Br)c1)NC(=O)NC1CCCCC1. The Labute approximate surface area is 142 Å². The normalized spacial score (nSPS) is 14.8. The van der Waals surface area contributed by atoms with E-state index in [4.69, 9.17) is 4.74 Å². The molecule has 0 unspecified atom stereocenters. The standard InChI is InChI=1S/C15H18BrN3O4/c16-11-6-10(7-17-8-11)14(21)23-9-13(20)19-15(22)18-12-4-2-1-3-5-12/h6-8,12H,1-5,9H2,(H2,18,19,20,22). The van der Waals surface area contributed by atoms with Crippen molar-refractivity contribution in [1.82, 2.24) is 15.6 Å². The summed E-state index contributed by atoms with van der Waals surface area (Å²) in [6, 6.07) is 1.08. The maximum Gasteiger partial charge on any atom is 0.340 e. The van der Waals surface area contributed by atoms with Gasteiger partial charge in [-0.2, -0.15) is 0 Å². The van der Waals surface area contributed by atoms with Gasteiger partial charge >= 0.3 is 12.0 Å². The zero-order valence-electron chi connectivity index (χ0n) is 12.5. The Kier molecular flexibility index (Phi) is 6.52. The molecule has 124 valence electrons. The Hall–Kier alpha value is -1.96. The minimum Gasteiger partial charge on any atom is -0.452 e. The van der Waals surface area contributed by atoms with Gasteiger partial charge in [0.1, 0.15) is 0 Å². The van der Waals surface area contributed by atoms with Crippen LogP contribution in [0, 0.1) is 0 Å². The van der Waals surface area contributed by atoms with Crippen molar-refractivity contribution in [3.63, 3.8) is 0 Å². The quantitative estimate of drug-likeness (QED) is 0.776. The van der Waals surface area contributed by atoms with Gasteiger partial charge in [-0.05, 0) is 34.8 Å². The van der Waals surface area contributed by atoms with Crippen molar-refractivity contribution < 1.29 is 19.1 Å². The Morgan fingerprint density at radius 2 is 1.96 bits per heavy atom. The number of urea groups is 1. The predicted octanol–water partition coefficient (Wildman–Crippen LogP) is 2.16. The highest BCUT2D eigenvalue weighted by Gasteiger charge is 2.17. The van der Waals surface area contributed by atoms with Gasteiger partial charge in [-0.3, -0.25) is 15.1 Å². The second kappa shape index (κ2) is 8.61. The van der Waals surface area contributed by atoms with Crippen molar-refractivity contribution in [2.45, 2.75) is 38.1 Å². The summed E-state index contributed by atoms with van der Waals surface area (Å²) in [5.41, 5.74) is 0.221. The molecule has 3 amide bonds. The number of esters is 1. The molecular formula is C15H18BrN3O4. The molecule has 0 aromatic carbocycles. The summed E-state index contributed by atoms with van der Waals surface area (Å²) in [5, 5.41) is 4.90. The molecule has 0 aliphatic heterocycles. The molecule has 1 aliphatic rings. The van der Waals surface area contributed by atoms with Gasteiger partial charge in [0.25, 0.3) is 5.91 Å². The van der Waals surface area contributed by atoms with Gasteiger partial charge in [0.2, 0.25) is 0 Å². The third-order valence-electron chi connectivity index (χ3n) is 3.47. The van der Waals surface area contributed by atoms with Crippen molar-refractivity contribution in [2.75, 3.05) is 6.61 Å². The molecule has 2 rings (SSSR count). The number of hydrogen-bond donors (Lipinski definition) is 2. The number of nitrogens with one attached hydrogen (secondary N) is 2. The molecule has 0 saturated heterocycles. The first-order valence-electron chi connectivity index (χ1n) is 7.42. The lowest BCUT2D eigenvalue weighted by atomic mass is 9.96. The number of carbonyl (C=O) groups is 3. The molecule has 0 radical (unpaired) electrons. The molecule has 7 nitrogen and oxygen atoms in total. The van der Waals surface area contributed by atoms with Crippen LogP contribution in [-0.2, 0) is 9.53 Å². The van der Waals surface area contributed by atoms with Crippen LogP contribution in [0.1, 0.15) is 42.5 Å². The molecule has 0 bridgehead atoms. The van der Waals surface area contributed by atoms with E-state index < -0.39 is 24.5 Å². The number of hydrogen-bond acceptors (Lipinski definition) is 5. The van der Waals surface area contributed by atoms with E-state index in [0.717, 1.165) is 25.7 Å². The summed E-state index contributed by atoms with van der Waals surface area (Å²) in [5.74, 6) is -1.35. The molecule has 8 heteroatoms. The lowest BCUT2D eigenvalue weighted by Gasteiger charge is -2.22. The fourth-order valence-corrected chi connectivity index (χ4v) is 2.73. The number of ether oxygens (including phenoxy) is 1. The Balaban J connectivity index is 1.71. The third-order valence-corrected chi connectivity index (χ3v) is 3.90. The number of nitrogens with zero attached hydrogens (tertiary/aromatic N) is 1. The summed E-state index contributed by atoms with van der Waals surface area (Å²) in [7, 11) is 0. The van der Waals surface area contributed by atoms with Gasteiger partial charge in [0, 0.05) is 22.9 Å². The molecule has 1 fully saturated rings. The van der Waals surface area contributed by atoms with Crippen molar-refractivity contribution >= 4 is 33.8 Å². The number of rotatable bonds is 4. The number of carbonyl (C=O) groups excluding carboxylic acids is 3. The monoisotopic (exact) mass is 383 g/mol. The number of amides is 3. The van der Waals surface area contributed by atoms with E-state index in [1.54, 1.807) is 0 Å². The predicted molar refractivity (Wildman–Crippen MR) is 85.8 cm³/mol. The van der Waals surface area contributed by atoms with Gasteiger partial charge in [-0.25, -0.2) is 9.59 Å². The highest BCUT2D eigenvalue weighted by atomic mass is 79.9. The Morgan fingerprint density at radius 3 is 2.65 bits per heavy atom. The summed E-state index contributed by atoms with van der Waals surface area (Å²) < 4.78 is 5.47. The molecule has 2 N–H and O–H groups in total. The van der Waals surface area contributed by atoms with Crippen LogP contribution >= 0.6 is 15.9 Å². The van der Waals surface area contributed by atoms with Crippen LogP contribution in [0.25, 0.3) is 0 Å². The van der Waals surface area contributed by atoms with Crippen LogP contribution in [0.15, 0.2) is 22.9 Å². The maximum absolute atomic E-state index is 11.7. The minimum atomic E-state index is -0.679. The van der Waals surface area contributed by atoms with Crippen molar-refractivity contribution in [3.8, 4) is 0 Å². The second-order valence-corrected chi connectivity index (χ2v) is 6.24. The molecule has 0 spiro atoms. The Morgan fingerprint density at radius 1 is 1.22 bits per heavy atom. The van der Waals surface area contributed by atoms with E-state index in [1.807, 2.05) is 0 Å². The fourth-order valence-electron chi connectivity index (χ4n) is 2.37. The van der Waals surface area contributed by atoms with Crippen LogP contribution in [0.2, 0.25) is 0 Å². The van der Waals surface area contributed by atoms with E-state index in [-0.39, 0.29) is 11.6 Å². The first kappa shape index (κ1) is 17.4. The van der Waals surface area contributed by atoms with E-state index in [0.29, 0.717) is 4.47 Å². The van der Waals surface area contributed by atoms with Crippen molar-refractivity contribution in [2.24, 2.45) is 0 Å². The number of aromatic nitrogens is 1. The molecule has 0 atom stereocenters. The first-order valence-corrected chi connectivity index (χ1v) is 8.22. The van der Waals surface area contributed by atoms with Crippen LogP contribution in [-0.4, -0.2) is 35.5 Å². The molecule has 1 aromatic rings. The highest BCUT2D eigenvalue weighted by Crippen LogP contribution is 2.17. The largest absolute Gasteiger partial charge is 0.452 e. The molecule has 23 heavy (non-hydrogen) atoms. The van der Waals surface area contributed by atoms with E-state index in [1.165, 1.54) is 24.9 Å². The van der Waals surface area contributed by atoms with Crippen molar-refractivity contribution in [3.05, 3.63) is 28.5 Å². The lowest BCUT2D eigenvalue weighted by molar-refractivity contribution is -0.123. The number of pyridine rings is 1. The lowest BCUT2D eigenvalue weighted by Crippen LogP contribution is -2.46. The third kappa shape index (κ3) is 5.97. The molecule has 1 aliphatic carbocycles. The van der Waals surface area contributed by atoms with Gasteiger partial charge in [0.15, 0.2) is 6.61 Å². The number of imide groups is 1. The molecule has 1 heterocycles. The second-order valence-electron chi connectivity index (χ2n) is 5.32. The first-order chi connectivity index (χ1) is 11.0. The van der Waals surface area contributed by atoms with Gasteiger partial charge < -0.3 is 10.1 Å². The van der Waals surface area contributed by atoms with E-state index >= 15 is 0 Å². The summed E-state index contributed by atoms with van der Waals surface area (Å²) in [6.45, 7) is -0.524. The van der Waals surface area contributed by atoms with Crippen LogP contribution in [0.3, 0.4) is 0 Å². The van der Waals surface area contributed by atoms with Gasteiger partial charge in [0.05, 0.1) is 5.56 Å². The fraction of sp³-hybridized carbons (Fsp3) is 0.467. The summed E-state index contributed by atoms with van der Waals surface area (Å²) >= 11 is 3.19. The van der Waals surface area contributed by atoms with E-state index in [9.17, 15) is 14.4 Å². The molecule has 1 saturated carbocycles. The zero-order valence-corrected chi connectivity index (χ0v) is 14.1. The van der Waals surface area contributed by atoms with Crippen LogP contribution in [0.5, 0.6) is 0 Å². The molecule has 1 aromatic heterocycles. The maximum atomic E-state index is 11.7. The topological polar surface area (TPSA) is 97.4 Å². The molecular weight excluding hydrogens is 366 g/mol. The average molecular weight is 384 g/mol. The number of halogens is 1. The Bertz CT molecular complexity index is 588. The van der Waals surface area contributed by atoms with Gasteiger partial charge in [-0.1, -0.05) is 19.3 Å². The van der Waals surface area contributed by atoms with Crippen LogP contribution < -0.4 is 10.6 Å². The smallest absolute Gasteiger partial charge is 0.340 e. The highest BCUT2D eigenvalue weighted by molar-refractivity contribution is 9.10. The van der Waals surface area contributed by atoms with Gasteiger partial charge in [-0.15, -0.1) is 0 Å². The van der Waals surface area contributed by atoms with Crippen LogP contribution in [0.4, 0.5) is 4.79 Å². The summed E-state index contributed by atoms with van der Waals surface area (Å²) in [6.07, 6.45) is 8.05. The minimum absolute atomic E-state index is 0.104. The average Bonchev–Trinajstić information content (AvgIpc) is 2.53. The summed E-state index contributed by atoms with van der Waals surface area (Å²) in [4.78, 5) is 38.9.